The third-order valence-corrected chi connectivity index (χ3v) is 2.76. The minimum atomic E-state index is -0.913. The van der Waals surface area contributed by atoms with Gasteiger partial charge in [0.05, 0.1) is 18.2 Å². The monoisotopic (exact) mass is 223 g/mol. The molecule has 0 bridgehead atoms. The maximum absolute atomic E-state index is 11.4. The molecule has 2 unspecified atom stereocenters. The van der Waals surface area contributed by atoms with Gasteiger partial charge in [-0.2, -0.15) is 5.10 Å². The maximum Gasteiger partial charge on any atom is 0.307 e. The standard InChI is InChI=1S/C10H13N3O3/c1-13-5-7(4-11-13)8-2-6(10(15)16)3-9(14)12-8/h4-6,8H,2-3H2,1H3,(H,12,14)(H,15,16). The van der Waals surface area contributed by atoms with E-state index in [2.05, 4.69) is 10.4 Å². The summed E-state index contributed by atoms with van der Waals surface area (Å²) in [6.07, 6.45) is 3.92. The highest BCUT2D eigenvalue weighted by Crippen LogP contribution is 2.27. The molecule has 1 aromatic rings. The molecule has 0 saturated carbocycles. The highest BCUT2D eigenvalue weighted by Gasteiger charge is 2.32. The van der Waals surface area contributed by atoms with Gasteiger partial charge in [0.15, 0.2) is 0 Å². The average Bonchev–Trinajstić information content (AvgIpc) is 2.64. The van der Waals surface area contributed by atoms with Crippen LogP contribution in [-0.2, 0) is 16.6 Å². The van der Waals surface area contributed by atoms with E-state index in [1.807, 2.05) is 0 Å². The first-order valence-corrected chi connectivity index (χ1v) is 5.07. The van der Waals surface area contributed by atoms with E-state index in [1.54, 1.807) is 24.1 Å². The van der Waals surface area contributed by atoms with Gasteiger partial charge >= 0.3 is 5.97 Å². The van der Waals surface area contributed by atoms with Crippen LogP contribution in [0.15, 0.2) is 12.4 Å². The Morgan fingerprint density at radius 2 is 2.44 bits per heavy atom. The highest BCUT2D eigenvalue weighted by atomic mass is 16.4. The molecule has 0 spiro atoms. The Balaban J connectivity index is 2.16. The number of aliphatic carboxylic acids is 1. The number of carboxylic acids is 1. The van der Waals surface area contributed by atoms with Crippen molar-refractivity contribution in [3.8, 4) is 0 Å². The number of amides is 1. The summed E-state index contributed by atoms with van der Waals surface area (Å²) in [5.74, 6) is -1.73. The molecular weight excluding hydrogens is 210 g/mol. The van der Waals surface area contributed by atoms with E-state index in [-0.39, 0.29) is 18.4 Å². The normalized spacial score (nSPS) is 25.2. The smallest absolute Gasteiger partial charge is 0.307 e. The Kier molecular flexibility index (Phi) is 2.64. The van der Waals surface area contributed by atoms with Crippen LogP contribution in [0.1, 0.15) is 24.4 Å². The van der Waals surface area contributed by atoms with Gasteiger partial charge in [-0.25, -0.2) is 0 Å². The number of aryl methyl sites for hydroxylation is 1. The molecule has 2 atom stereocenters. The van der Waals surface area contributed by atoms with Crippen LogP contribution in [0.4, 0.5) is 0 Å². The summed E-state index contributed by atoms with van der Waals surface area (Å²) in [6, 6.07) is -0.240. The summed E-state index contributed by atoms with van der Waals surface area (Å²) >= 11 is 0. The van der Waals surface area contributed by atoms with Gasteiger partial charge < -0.3 is 10.4 Å². The highest BCUT2D eigenvalue weighted by molar-refractivity contribution is 5.84. The van der Waals surface area contributed by atoms with Crippen molar-refractivity contribution < 1.29 is 14.7 Å². The van der Waals surface area contributed by atoms with Gasteiger partial charge in [-0.3, -0.25) is 14.3 Å². The van der Waals surface area contributed by atoms with Crippen LogP contribution in [0.2, 0.25) is 0 Å². The number of hydrogen-bond donors (Lipinski definition) is 2. The fourth-order valence-electron chi connectivity index (χ4n) is 1.93. The van der Waals surface area contributed by atoms with E-state index in [0.29, 0.717) is 6.42 Å². The van der Waals surface area contributed by atoms with Crippen LogP contribution in [0.5, 0.6) is 0 Å². The van der Waals surface area contributed by atoms with Gasteiger partial charge in [0.25, 0.3) is 0 Å². The molecule has 1 amide bonds. The summed E-state index contributed by atoms with van der Waals surface area (Å²) in [7, 11) is 1.78. The average molecular weight is 223 g/mol. The fraction of sp³-hybridized carbons (Fsp3) is 0.500. The third-order valence-electron chi connectivity index (χ3n) is 2.76. The summed E-state index contributed by atoms with van der Waals surface area (Å²) < 4.78 is 1.63. The SMILES string of the molecule is Cn1cc(C2CC(C(=O)O)CC(=O)N2)cn1. The zero-order valence-electron chi connectivity index (χ0n) is 8.88. The topological polar surface area (TPSA) is 84.2 Å². The summed E-state index contributed by atoms with van der Waals surface area (Å²) in [5, 5.41) is 15.7. The Morgan fingerprint density at radius 3 is 3.00 bits per heavy atom. The van der Waals surface area contributed by atoms with E-state index >= 15 is 0 Å². The lowest BCUT2D eigenvalue weighted by molar-refractivity contribution is -0.146. The maximum atomic E-state index is 11.4. The van der Waals surface area contributed by atoms with Gasteiger partial charge in [-0.15, -0.1) is 0 Å². The van der Waals surface area contributed by atoms with Crippen LogP contribution in [0.3, 0.4) is 0 Å². The lowest BCUT2D eigenvalue weighted by Crippen LogP contribution is -2.39. The minimum Gasteiger partial charge on any atom is -0.481 e. The molecule has 16 heavy (non-hydrogen) atoms. The minimum absolute atomic E-state index is 0.0616. The Morgan fingerprint density at radius 1 is 1.69 bits per heavy atom. The summed E-state index contributed by atoms with van der Waals surface area (Å²) in [5.41, 5.74) is 0.849. The summed E-state index contributed by atoms with van der Waals surface area (Å²) in [6.45, 7) is 0. The second kappa shape index (κ2) is 3.96. The van der Waals surface area contributed by atoms with Crippen molar-refractivity contribution in [3.63, 3.8) is 0 Å². The van der Waals surface area contributed by atoms with E-state index in [1.165, 1.54) is 0 Å². The number of rotatable bonds is 2. The fourth-order valence-corrected chi connectivity index (χ4v) is 1.93. The number of aromatic nitrogens is 2. The van der Waals surface area contributed by atoms with Gasteiger partial charge in [-0.1, -0.05) is 0 Å². The first-order valence-electron chi connectivity index (χ1n) is 5.07. The number of nitrogens with zero attached hydrogens (tertiary/aromatic N) is 2. The van der Waals surface area contributed by atoms with Gasteiger partial charge in [0.2, 0.25) is 5.91 Å². The molecule has 2 heterocycles. The molecule has 1 fully saturated rings. The largest absolute Gasteiger partial charge is 0.481 e. The van der Waals surface area contributed by atoms with E-state index in [0.717, 1.165) is 5.56 Å². The predicted molar refractivity (Wildman–Crippen MR) is 54.5 cm³/mol. The predicted octanol–water partition coefficient (Wildman–Crippen LogP) is 0.0720. The number of nitrogens with one attached hydrogen (secondary N) is 1. The number of carbonyl (C=O) groups is 2. The van der Waals surface area contributed by atoms with Gasteiger partial charge in [0.1, 0.15) is 0 Å². The van der Waals surface area contributed by atoms with Crippen molar-refractivity contribution >= 4 is 11.9 Å². The van der Waals surface area contributed by atoms with E-state index in [4.69, 9.17) is 5.11 Å². The van der Waals surface area contributed by atoms with Crippen LogP contribution in [0, 0.1) is 5.92 Å². The molecule has 1 saturated heterocycles. The molecule has 2 rings (SSSR count). The van der Waals surface area contributed by atoms with Crippen LogP contribution in [-0.4, -0.2) is 26.8 Å². The Labute approximate surface area is 92.3 Å². The first-order chi connectivity index (χ1) is 7.56. The molecule has 0 aliphatic carbocycles. The lowest BCUT2D eigenvalue weighted by atomic mass is 9.89. The van der Waals surface area contributed by atoms with Crippen LogP contribution < -0.4 is 5.32 Å². The number of carboxylic acid groups (broad SMARTS) is 1. The number of hydrogen-bond acceptors (Lipinski definition) is 3. The van der Waals surface area contributed by atoms with Crippen LogP contribution in [0.25, 0.3) is 0 Å². The van der Waals surface area contributed by atoms with E-state index in [9.17, 15) is 9.59 Å². The van der Waals surface area contributed by atoms with Gasteiger partial charge in [0, 0.05) is 25.2 Å². The zero-order valence-corrected chi connectivity index (χ0v) is 8.88. The van der Waals surface area contributed by atoms with Crippen molar-refractivity contribution in [1.29, 1.82) is 0 Å². The number of carbonyl (C=O) groups excluding carboxylic acids is 1. The molecule has 0 radical (unpaired) electrons. The van der Waals surface area contributed by atoms with Crippen molar-refractivity contribution in [2.45, 2.75) is 18.9 Å². The molecule has 6 heteroatoms. The molecule has 6 nitrogen and oxygen atoms in total. The Hall–Kier alpha value is -1.85. The third kappa shape index (κ3) is 2.05. The molecule has 86 valence electrons. The first kappa shape index (κ1) is 10.7. The van der Waals surface area contributed by atoms with Crippen molar-refractivity contribution in [2.24, 2.45) is 13.0 Å². The number of piperidine rings is 1. The molecular formula is C10H13N3O3. The summed E-state index contributed by atoms with van der Waals surface area (Å²) in [4.78, 5) is 22.2. The quantitative estimate of drug-likeness (QED) is 0.743. The van der Waals surface area contributed by atoms with Crippen molar-refractivity contribution in [1.82, 2.24) is 15.1 Å². The molecule has 1 aliphatic rings. The second-order valence-corrected chi connectivity index (χ2v) is 4.04. The molecule has 0 aromatic carbocycles. The van der Waals surface area contributed by atoms with Crippen molar-refractivity contribution in [2.75, 3.05) is 0 Å². The van der Waals surface area contributed by atoms with Crippen LogP contribution >= 0.6 is 0 Å². The molecule has 1 aromatic heterocycles. The Bertz CT molecular complexity index is 427. The second-order valence-electron chi connectivity index (χ2n) is 4.04. The zero-order chi connectivity index (χ0) is 11.7. The van der Waals surface area contributed by atoms with E-state index < -0.39 is 11.9 Å². The molecule has 2 N–H and O–H groups in total. The molecule has 1 aliphatic heterocycles. The lowest BCUT2D eigenvalue weighted by Gasteiger charge is -2.26. The van der Waals surface area contributed by atoms with Crippen molar-refractivity contribution in [3.05, 3.63) is 18.0 Å². The van der Waals surface area contributed by atoms with Gasteiger partial charge in [-0.05, 0) is 6.42 Å².